The highest BCUT2D eigenvalue weighted by Gasteiger charge is 2.33. The molecule has 33 heavy (non-hydrogen) atoms. The normalized spacial score (nSPS) is 19.3. The highest BCUT2D eigenvalue weighted by atomic mass is 32.2. The first kappa shape index (κ1) is 23.4. The van der Waals surface area contributed by atoms with Crippen molar-refractivity contribution in [2.24, 2.45) is 0 Å². The summed E-state index contributed by atoms with van der Waals surface area (Å²) in [6.07, 6.45) is 3.36. The Labute approximate surface area is 193 Å². The van der Waals surface area contributed by atoms with Crippen LogP contribution in [0.5, 0.6) is 0 Å². The van der Waals surface area contributed by atoms with Crippen molar-refractivity contribution in [1.82, 2.24) is 9.62 Å². The lowest BCUT2D eigenvalue weighted by Gasteiger charge is -2.33. The molecular formula is C24H28FN3O4S. The molecule has 0 aliphatic carbocycles. The van der Waals surface area contributed by atoms with Crippen molar-refractivity contribution < 1.29 is 22.4 Å². The van der Waals surface area contributed by atoms with E-state index < -0.39 is 10.0 Å². The summed E-state index contributed by atoms with van der Waals surface area (Å²) in [6, 6.07) is 10.6. The number of nitrogens with one attached hydrogen (secondary N) is 1. The summed E-state index contributed by atoms with van der Waals surface area (Å²) < 4.78 is 41.0. The van der Waals surface area contributed by atoms with Crippen LogP contribution in [-0.4, -0.2) is 43.7 Å². The summed E-state index contributed by atoms with van der Waals surface area (Å²) in [7, 11) is -3.62. The molecule has 2 heterocycles. The van der Waals surface area contributed by atoms with Gasteiger partial charge in [-0.05, 0) is 67.6 Å². The Hall–Kier alpha value is -2.78. The fourth-order valence-corrected chi connectivity index (χ4v) is 6.19. The van der Waals surface area contributed by atoms with Crippen LogP contribution in [0.4, 0.5) is 10.1 Å². The predicted octanol–water partition coefficient (Wildman–Crippen LogP) is 2.98. The molecule has 4 rings (SSSR count). The van der Waals surface area contributed by atoms with E-state index in [1.807, 2.05) is 6.92 Å². The number of piperidine rings is 1. The van der Waals surface area contributed by atoms with E-state index in [0.29, 0.717) is 18.7 Å². The lowest BCUT2D eigenvalue weighted by Crippen LogP contribution is -2.43. The van der Waals surface area contributed by atoms with Crippen LogP contribution in [0.3, 0.4) is 0 Å². The van der Waals surface area contributed by atoms with Gasteiger partial charge in [0.15, 0.2) is 0 Å². The van der Waals surface area contributed by atoms with Gasteiger partial charge in [-0.3, -0.25) is 9.59 Å². The molecule has 9 heteroatoms. The summed E-state index contributed by atoms with van der Waals surface area (Å²) in [6.45, 7) is 2.50. The molecule has 1 fully saturated rings. The molecule has 0 spiro atoms. The van der Waals surface area contributed by atoms with Gasteiger partial charge in [-0.1, -0.05) is 18.6 Å². The number of carbonyl (C=O) groups is 2. The van der Waals surface area contributed by atoms with Crippen molar-refractivity contribution in [3.63, 3.8) is 0 Å². The second-order valence-corrected chi connectivity index (χ2v) is 10.5. The number of hydrogen-bond donors (Lipinski definition) is 1. The predicted molar refractivity (Wildman–Crippen MR) is 123 cm³/mol. The first-order valence-electron chi connectivity index (χ1n) is 11.2. The monoisotopic (exact) mass is 473 g/mol. The second kappa shape index (κ2) is 9.61. The number of halogens is 1. The van der Waals surface area contributed by atoms with Crippen LogP contribution in [0.2, 0.25) is 0 Å². The zero-order valence-corrected chi connectivity index (χ0v) is 19.4. The van der Waals surface area contributed by atoms with E-state index in [0.717, 1.165) is 30.4 Å². The summed E-state index contributed by atoms with van der Waals surface area (Å²) >= 11 is 0. The van der Waals surface area contributed by atoms with Gasteiger partial charge in [-0.2, -0.15) is 4.31 Å². The Balaban J connectivity index is 1.49. The molecule has 176 valence electrons. The molecule has 7 nitrogen and oxygen atoms in total. The minimum Gasteiger partial charge on any atom is -0.350 e. The van der Waals surface area contributed by atoms with Gasteiger partial charge in [0, 0.05) is 31.2 Å². The maximum Gasteiger partial charge on any atom is 0.243 e. The quantitative estimate of drug-likeness (QED) is 0.699. The number of amides is 2. The van der Waals surface area contributed by atoms with Crippen molar-refractivity contribution in [3.8, 4) is 0 Å². The van der Waals surface area contributed by atoms with Gasteiger partial charge in [-0.25, -0.2) is 12.8 Å². The Morgan fingerprint density at radius 1 is 1.12 bits per heavy atom. The van der Waals surface area contributed by atoms with Crippen molar-refractivity contribution in [2.75, 3.05) is 18.0 Å². The molecule has 0 saturated carbocycles. The Morgan fingerprint density at radius 2 is 1.88 bits per heavy atom. The molecule has 1 N–H and O–H groups in total. The van der Waals surface area contributed by atoms with E-state index in [2.05, 4.69) is 5.32 Å². The largest absolute Gasteiger partial charge is 0.350 e. The second-order valence-electron chi connectivity index (χ2n) is 8.63. The third-order valence-electron chi connectivity index (χ3n) is 6.30. The van der Waals surface area contributed by atoms with Crippen LogP contribution in [-0.2, 0) is 32.6 Å². The van der Waals surface area contributed by atoms with Crippen molar-refractivity contribution >= 4 is 27.5 Å². The fraction of sp³-hybridized carbons (Fsp3) is 0.417. The standard InChI is InChI=1S/C24H28FN3O4S/c1-17-4-2-3-13-28(17)33(31,32)21-10-11-22-19(14-21)7-12-24(30)27(22)16-23(29)26-15-18-5-8-20(25)9-6-18/h5-6,8-11,14,17H,2-4,7,12-13,15-16H2,1H3,(H,26,29)/t17-/m0/s1. The minimum atomic E-state index is -3.62. The maximum atomic E-state index is 13.2. The van der Waals surface area contributed by atoms with Crippen LogP contribution in [0.25, 0.3) is 0 Å². The molecule has 0 radical (unpaired) electrons. The first-order chi connectivity index (χ1) is 15.8. The zero-order chi connectivity index (χ0) is 23.6. The average molecular weight is 474 g/mol. The number of sulfonamides is 1. The average Bonchev–Trinajstić information content (AvgIpc) is 2.80. The summed E-state index contributed by atoms with van der Waals surface area (Å²) in [5.74, 6) is -0.879. The van der Waals surface area contributed by atoms with E-state index in [-0.39, 0.29) is 48.1 Å². The molecule has 0 unspecified atom stereocenters. The highest BCUT2D eigenvalue weighted by molar-refractivity contribution is 7.89. The maximum absolute atomic E-state index is 13.2. The van der Waals surface area contributed by atoms with Gasteiger partial charge in [-0.15, -0.1) is 0 Å². The van der Waals surface area contributed by atoms with Crippen molar-refractivity contribution in [2.45, 2.75) is 56.5 Å². The Kier molecular flexibility index (Phi) is 6.81. The molecular weight excluding hydrogens is 445 g/mol. The number of anilines is 1. The molecule has 0 aromatic heterocycles. The van der Waals surface area contributed by atoms with E-state index in [1.165, 1.54) is 23.1 Å². The SMILES string of the molecule is C[C@H]1CCCCN1S(=O)(=O)c1ccc2c(c1)CCC(=O)N2CC(=O)NCc1ccc(F)cc1. The van der Waals surface area contributed by atoms with Crippen molar-refractivity contribution in [3.05, 3.63) is 59.4 Å². The van der Waals surface area contributed by atoms with Gasteiger partial charge < -0.3 is 10.2 Å². The van der Waals surface area contributed by atoms with Gasteiger partial charge in [0.05, 0.1) is 4.90 Å². The lowest BCUT2D eigenvalue weighted by molar-refractivity contribution is -0.124. The van der Waals surface area contributed by atoms with Crippen LogP contribution in [0, 0.1) is 5.82 Å². The van der Waals surface area contributed by atoms with Crippen LogP contribution in [0.1, 0.15) is 43.7 Å². The topological polar surface area (TPSA) is 86.8 Å². The summed E-state index contributed by atoms with van der Waals surface area (Å²) in [5, 5.41) is 2.74. The molecule has 2 aromatic carbocycles. The van der Waals surface area contributed by atoms with Gasteiger partial charge >= 0.3 is 0 Å². The number of hydrogen-bond acceptors (Lipinski definition) is 4. The van der Waals surface area contributed by atoms with Crippen LogP contribution < -0.4 is 10.2 Å². The van der Waals surface area contributed by atoms with Crippen molar-refractivity contribution in [1.29, 1.82) is 0 Å². The molecule has 2 aliphatic heterocycles. The number of rotatable bonds is 6. The Morgan fingerprint density at radius 3 is 2.61 bits per heavy atom. The summed E-state index contributed by atoms with van der Waals surface area (Å²) in [5.41, 5.74) is 2.05. The highest BCUT2D eigenvalue weighted by Crippen LogP contribution is 2.32. The van der Waals surface area contributed by atoms with E-state index in [4.69, 9.17) is 0 Å². The van der Waals surface area contributed by atoms with E-state index >= 15 is 0 Å². The third kappa shape index (κ3) is 5.09. The zero-order valence-electron chi connectivity index (χ0n) is 18.6. The lowest BCUT2D eigenvalue weighted by atomic mass is 10.0. The molecule has 1 saturated heterocycles. The number of fused-ring (bicyclic) bond motifs is 1. The summed E-state index contributed by atoms with van der Waals surface area (Å²) in [4.78, 5) is 26.7. The van der Waals surface area contributed by atoms with Gasteiger partial charge in [0.25, 0.3) is 0 Å². The number of nitrogens with zero attached hydrogens (tertiary/aromatic N) is 2. The fourth-order valence-electron chi connectivity index (χ4n) is 4.44. The number of carbonyl (C=O) groups excluding carboxylic acids is 2. The van der Waals surface area contributed by atoms with E-state index in [1.54, 1.807) is 28.6 Å². The number of aryl methyl sites for hydroxylation is 1. The molecule has 2 aliphatic rings. The molecule has 0 bridgehead atoms. The van der Waals surface area contributed by atoms with E-state index in [9.17, 15) is 22.4 Å². The smallest absolute Gasteiger partial charge is 0.243 e. The van der Waals surface area contributed by atoms with Gasteiger partial charge in [0.2, 0.25) is 21.8 Å². The Bertz CT molecular complexity index is 1150. The molecule has 1 atom stereocenters. The third-order valence-corrected chi connectivity index (χ3v) is 8.31. The van der Waals surface area contributed by atoms with Gasteiger partial charge in [0.1, 0.15) is 12.4 Å². The van der Waals surface area contributed by atoms with Crippen LogP contribution >= 0.6 is 0 Å². The molecule has 2 aromatic rings. The minimum absolute atomic E-state index is 0.0392. The number of benzene rings is 2. The molecule has 2 amide bonds. The van der Waals surface area contributed by atoms with Crippen LogP contribution in [0.15, 0.2) is 47.4 Å². The first-order valence-corrected chi connectivity index (χ1v) is 12.7.